The molecule has 0 spiro atoms. The number of nitrogens with zero attached hydrogens (tertiary/aromatic N) is 1. The molecule has 0 aliphatic rings. The van der Waals surface area contributed by atoms with Crippen molar-refractivity contribution in [3.63, 3.8) is 0 Å². The second-order valence-electron chi connectivity index (χ2n) is 7.42. The highest BCUT2D eigenvalue weighted by Gasteiger charge is 2.10. The molecule has 1 amide bonds. The molecule has 1 N–H and O–H groups in total. The molecule has 0 aliphatic heterocycles. The zero-order chi connectivity index (χ0) is 23.8. The number of anilines is 1. The Morgan fingerprint density at radius 3 is 2.45 bits per heavy atom. The number of carbonyl (C=O) groups is 1. The van der Waals surface area contributed by atoms with Crippen LogP contribution in [0, 0.1) is 11.3 Å². The average molecular weight is 481 g/mol. The summed E-state index contributed by atoms with van der Waals surface area (Å²) in [5.41, 5.74) is 2.11. The Kier molecular flexibility index (Phi) is 8.37. The van der Waals surface area contributed by atoms with E-state index in [9.17, 15) is 10.1 Å². The zero-order valence-corrected chi connectivity index (χ0v) is 19.7. The maximum atomic E-state index is 12.6. The molecule has 5 nitrogen and oxygen atoms in total. The minimum Gasteiger partial charge on any atom is -0.491 e. The maximum absolute atomic E-state index is 12.6. The number of hydrogen-bond donors (Lipinski definition) is 1. The Balaban J connectivity index is 1.64. The number of rotatable bonds is 8. The average Bonchev–Trinajstić information content (AvgIpc) is 2.78. The van der Waals surface area contributed by atoms with Gasteiger partial charge >= 0.3 is 0 Å². The van der Waals surface area contributed by atoms with Gasteiger partial charge in [-0.15, -0.1) is 0 Å². The van der Waals surface area contributed by atoms with Crippen LogP contribution < -0.4 is 14.8 Å². The highest BCUT2D eigenvalue weighted by molar-refractivity contribution is 6.42. The number of carbonyl (C=O) groups excluding carboxylic acids is 1. The predicted molar refractivity (Wildman–Crippen MR) is 132 cm³/mol. The highest BCUT2D eigenvalue weighted by atomic mass is 35.5. The molecule has 0 atom stereocenters. The molecule has 3 aromatic carbocycles. The first-order chi connectivity index (χ1) is 15.8. The zero-order valence-electron chi connectivity index (χ0n) is 18.1. The van der Waals surface area contributed by atoms with Crippen LogP contribution in [0.1, 0.15) is 25.0 Å². The van der Waals surface area contributed by atoms with Crippen LogP contribution in [-0.2, 0) is 11.4 Å². The van der Waals surface area contributed by atoms with Crippen molar-refractivity contribution < 1.29 is 14.3 Å². The summed E-state index contributed by atoms with van der Waals surface area (Å²) in [5.74, 6) is 0.782. The molecule has 0 aromatic heterocycles. The fourth-order valence-electron chi connectivity index (χ4n) is 2.89. The molecule has 3 rings (SSSR count). The molecular weight excluding hydrogens is 459 g/mol. The quantitative estimate of drug-likeness (QED) is 0.281. The SMILES string of the molecule is CC(C)Oc1cccc(NC(=O)/C(C#N)=C\c2ccc(OCc3ccc(Cl)c(Cl)c3)cc2)c1. The lowest BCUT2D eigenvalue weighted by Crippen LogP contribution is -2.13. The van der Waals surface area contributed by atoms with Crippen LogP contribution in [0.4, 0.5) is 5.69 Å². The summed E-state index contributed by atoms with van der Waals surface area (Å²) in [6.07, 6.45) is 1.54. The van der Waals surface area contributed by atoms with Gasteiger partial charge in [0.2, 0.25) is 0 Å². The summed E-state index contributed by atoms with van der Waals surface area (Å²) in [4.78, 5) is 12.6. The van der Waals surface area contributed by atoms with Crippen LogP contribution in [0.15, 0.2) is 72.3 Å². The molecule has 0 radical (unpaired) electrons. The topological polar surface area (TPSA) is 71.3 Å². The van der Waals surface area contributed by atoms with E-state index >= 15 is 0 Å². The minimum absolute atomic E-state index is 0.0152. The lowest BCUT2D eigenvalue weighted by Gasteiger charge is -2.11. The summed E-state index contributed by atoms with van der Waals surface area (Å²) in [7, 11) is 0. The van der Waals surface area contributed by atoms with Gasteiger partial charge in [0.15, 0.2) is 0 Å². The first-order valence-corrected chi connectivity index (χ1v) is 11.0. The monoisotopic (exact) mass is 480 g/mol. The van der Waals surface area contributed by atoms with Crippen LogP contribution >= 0.6 is 23.2 Å². The molecule has 33 heavy (non-hydrogen) atoms. The van der Waals surface area contributed by atoms with Crippen LogP contribution in [0.5, 0.6) is 11.5 Å². The number of nitriles is 1. The molecule has 0 aliphatic carbocycles. The summed E-state index contributed by atoms with van der Waals surface area (Å²) in [6, 6.07) is 21.4. The Bertz CT molecular complexity index is 1200. The van der Waals surface area contributed by atoms with Gasteiger partial charge < -0.3 is 14.8 Å². The van der Waals surface area contributed by atoms with Gasteiger partial charge in [-0.2, -0.15) is 5.26 Å². The van der Waals surface area contributed by atoms with Gasteiger partial charge in [-0.3, -0.25) is 4.79 Å². The molecule has 0 fully saturated rings. The van der Waals surface area contributed by atoms with E-state index < -0.39 is 5.91 Å². The maximum Gasteiger partial charge on any atom is 0.266 e. The number of ether oxygens (including phenoxy) is 2. The summed E-state index contributed by atoms with van der Waals surface area (Å²) >= 11 is 11.9. The van der Waals surface area contributed by atoms with Gasteiger partial charge in [0.1, 0.15) is 29.7 Å². The lowest BCUT2D eigenvalue weighted by atomic mass is 10.1. The van der Waals surface area contributed by atoms with Crippen molar-refractivity contribution in [2.75, 3.05) is 5.32 Å². The van der Waals surface area contributed by atoms with Crippen molar-refractivity contribution in [3.8, 4) is 17.6 Å². The van der Waals surface area contributed by atoms with Crippen LogP contribution in [0.3, 0.4) is 0 Å². The Morgan fingerprint density at radius 2 is 1.79 bits per heavy atom. The van der Waals surface area contributed by atoms with Gasteiger partial charge in [-0.05, 0) is 67.4 Å². The molecule has 0 bridgehead atoms. The van der Waals surface area contributed by atoms with Gasteiger partial charge in [0, 0.05) is 11.8 Å². The molecule has 0 saturated carbocycles. The van der Waals surface area contributed by atoms with Crippen molar-refractivity contribution in [1.82, 2.24) is 0 Å². The van der Waals surface area contributed by atoms with Crippen molar-refractivity contribution in [2.24, 2.45) is 0 Å². The van der Waals surface area contributed by atoms with E-state index in [1.54, 1.807) is 54.6 Å². The number of nitrogens with one attached hydrogen (secondary N) is 1. The van der Waals surface area contributed by atoms with Gasteiger partial charge in [-0.25, -0.2) is 0 Å². The number of amides is 1. The highest BCUT2D eigenvalue weighted by Crippen LogP contribution is 2.24. The summed E-state index contributed by atoms with van der Waals surface area (Å²) < 4.78 is 11.4. The molecule has 0 saturated heterocycles. The van der Waals surface area contributed by atoms with Crippen molar-refractivity contribution in [1.29, 1.82) is 5.26 Å². The lowest BCUT2D eigenvalue weighted by molar-refractivity contribution is -0.112. The Labute approximate surface area is 203 Å². The summed E-state index contributed by atoms with van der Waals surface area (Å²) in [5, 5.41) is 13.2. The third kappa shape index (κ3) is 7.28. The van der Waals surface area contributed by atoms with E-state index in [0.29, 0.717) is 39.4 Å². The molecule has 0 unspecified atom stereocenters. The normalized spacial score (nSPS) is 11.1. The number of halogens is 2. The van der Waals surface area contributed by atoms with Crippen molar-refractivity contribution in [2.45, 2.75) is 26.6 Å². The van der Waals surface area contributed by atoms with E-state index in [4.69, 9.17) is 32.7 Å². The molecule has 3 aromatic rings. The van der Waals surface area contributed by atoms with E-state index in [1.807, 2.05) is 32.0 Å². The fraction of sp³-hybridized carbons (Fsp3) is 0.154. The van der Waals surface area contributed by atoms with Gasteiger partial charge in [-0.1, -0.05) is 47.5 Å². The standard InChI is InChI=1S/C26H22Cl2N2O3/c1-17(2)33-23-5-3-4-21(14-23)30-26(31)20(15-29)12-18-6-9-22(10-7-18)32-16-19-8-11-24(27)25(28)13-19/h3-14,17H,16H2,1-2H3,(H,30,31)/b20-12-. The number of hydrogen-bond acceptors (Lipinski definition) is 4. The Hall–Kier alpha value is -3.46. The van der Waals surface area contributed by atoms with Crippen molar-refractivity contribution >= 4 is 40.9 Å². The predicted octanol–water partition coefficient (Wildman–Crippen LogP) is 6.91. The van der Waals surface area contributed by atoms with Gasteiger partial charge in [0.25, 0.3) is 5.91 Å². The van der Waals surface area contributed by atoms with Gasteiger partial charge in [0.05, 0.1) is 16.1 Å². The fourth-order valence-corrected chi connectivity index (χ4v) is 3.21. The van der Waals surface area contributed by atoms with Crippen molar-refractivity contribution in [3.05, 3.63) is 93.5 Å². The largest absolute Gasteiger partial charge is 0.491 e. The number of benzene rings is 3. The smallest absolute Gasteiger partial charge is 0.266 e. The first-order valence-electron chi connectivity index (χ1n) is 10.2. The van der Waals surface area contributed by atoms with Crippen LogP contribution in [0.25, 0.3) is 6.08 Å². The second-order valence-corrected chi connectivity index (χ2v) is 8.24. The second kappa shape index (κ2) is 11.4. The van der Waals surface area contributed by atoms with E-state index in [2.05, 4.69) is 5.32 Å². The molecular formula is C26H22Cl2N2O3. The van der Waals surface area contributed by atoms with E-state index in [0.717, 1.165) is 5.56 Å². The molecule has 0 heterocycles. The van der Waals surface area contributed by atoms with Crippen LogP contribution in [0.2, 0.25) is 10.0 Å². The third-order valence-electron chi connectivity index (χ3n) is 4.41. The molecule has 168 valence electrons. The first kappa shape index (κ1) is 24.2. The molecule has 7 heteroatoms. The van der Waals surface area contributed by atoms with E-state index in [-0.39, 0.29) is 11.7 Å². The Morgan fingerprint density at radius 1 is 1.03 bits per heavy atom. The summed E-state index contributed by atoms with van der Waals surface area (Å²) in [6.45, 7) is 4.17. The third-order valence-corrected chi connectivity index (χ3v) is 5.15. The van der Waals surface area contributed by atoms with Crippen LogP contribution in [-0.4, -0.2) is 12.0 Å². The van der Waals surface area contributed by atoms with E-state index in [1.165, 1.54) is 6.08 Å². The minimum atomic E-state index is -0.501.